The van der Waals surface area contributed by atoms with Crippen LogP contribution in [0.2, 0.25) is 0 Å². The Morgan fingerprint density at radius 2 is 1.94 bits per heavy atom. The van der Waals surface area contributed by atoms with Crippen molar-refractivity contribution in [2.45, 2.75) is 95.7 Å². The molecule has 32 heavy (non-hydrogen) atoms. The van der Waals surface area contributed by atoms with Gasteiger partial charge in [-0.15, -0.1) is 11.8 Å². The molecule has 1 aromatic heterocycles. The SMILES string of the molecule is CCCSc1nc(N2CCC[C@@H](CC(=O)O)C2)ccc1C(=O)N(C(C)C)C1CCCCC1. The molecule has 1 amide bonds. The average Bonchev–Trinajstić information content (AvgIpc) is 2.77. The van der Waals surface area contributed by atoms with Crippen molar-refractivity contribution in [2.24, 2.45) is 5.92 Å². The van der Waals surface area contributed by atoms with Gasteiger partial charge < -0.3 is 14.9 Å². The summed E-state index contributed by atoms with van der Waals surface area (Å²) in [5.41, 5.74) is 0.713. The Morgan fingerprint density at radius 3 is 2.59 bits per heavy atom. The van der Waals surface area contributed by atoms with Gasteiger partial charge in [0.1, 0.15) is 10.8 Å². The van der Waals surface area contributed by atoms with Crippen LogP contribution in [0.25, 0.3) is 0 Å². The highest BCUT2D eigenvalue weighted by atomic mass is 32.2. The van der Waals surface area contributed by atoms with Crippen LogP contribution in [-0.4, -0.2) is 57.8 Å². The fraction of sp³-hybridized carbons (Fsp3) is 0.720. The van der Waals surface area contributed by atoms with Gasteiger partial charge in [0.05, 0.1) is 5.56 Å². The maximum absolute atomic E-state index is 13.7. The number of hydrogen-bond donors (Lipinski definition) is 1. The number of carbonyl (C=O) groups is 2. The summed E-state index contributed by atoms with van der Waals surface area (Å²) < 4.78 is 0. The molecule has 1 aromatic rings. The summed E-state index contributed by atoms with van der Waals surface area (Å²) >= 11 is 1.66. The Bertz CT molecular complexity index is 780. The first kappa shape index (κ1) is 24.9. The topological polar surface area (TPSA) is 73.7 Å². The third-order valence-corrected chi connectivity index (χ3v) is 7.78. The van der Waals surface area contributed by atoms with E-state index >= 15 is 0 Å². The van der Waals surface area contributed by atoms with Crippen molar-refractivity contribution in [3.05, 3.63) is 17.7 Å². The van der Waals surface area contributed by atoms with Crippen LogP contribution in [0.5, 0.6) is 0 Å². The Balaban J connectivity index is 1.85. The highest BCUT2D eigenvalue weighted by Crippen LogP contribution is 2.31. The largest absolute Gasteiger partial charge is 0.481 e. The Labute approximate surface area is 197 Å². The molecule has 6 nitrogen and oxygen atoms in total. The predicted octanol–water partition coefficient (Wildman–Crippen LogP) is 5.46. The van der Waals surface area contributed by atoms with Crippen molar-refractivity contribution in [1.82, 2.24) is 9.88 Å². The van der Waals surface area contributed by atoms with Gasteiger partial charge in [-0.3, -0.25) is 9.59 Å². The number of piperidine rings is 1. The summed E-state index contributed by atoms with van der Waals surface area (Å²) in [6.07, 6.45) is 8.98. The first-order valence-corrected chi connectivity index (χ1v) is 13.3. The number of aliphatic carboxylic acids is 1. The van der Waals surface area contributed by atoms with Crippen molar-refractivity contribution in [3.8, 4) is 0 Å². The van der Waals surface area contributed by atoms with Crippen molar-refractivity contribution in [3.63, 3.8) is 0 Å². The first-order valence-electron chi connectivity index (χ1n) is 12.3. The van der Waals surface area contributed by atoms with Crippen LogP contribution in [0.4, 0.5) is 5.82 Å². The van der Waals surface area contributed by atoms with E-state index in [9.17, 15) is 14.7 Å². The number of thioether (sulfide) groups is 1. The molecule has 1 aliphatic heterocycles. The summed E-state index contributed by atoms with van der Waals surface area (Å²) in [4.78, 5) is 34.1. The Hall–Kier alpha value is -1.76. The van der Waals surface area contributed by atoms with Gasteiger partial charge in [0.25, 0.3) is 5.91 Å². The number of carbonyl (C=O) groups excluding carboxylic acids is 1. The van der Waals surface area contributed by atoms with Crippen LogP contribution >= 0.6 is 11.8 Å². The lowest BCUT2D eigenvalue weighted by Gasteiger charge is -2.38. The zero-order chi connectivity index (χ0) is 23.1. The lowest BCUT2D eigenvalue weighted by atomic mass is 9.93. The van der Waals surface area contributed by atoms with Gasteiger partial charge >= 0.3 is 5.97 Å². The number of pyridine rings is 1. The standard InChI is InChI=1S/C25H39N3O3S/c1-4-15-32-24-21(25(31)28(18(2)3)20-10-6-5-7-11-20)12-13-22(26-24)27-14-8-9-19(17-27)16-23(29)30/h12-13,18-20H,4-11,14-17H2,1-3H3,(H,29,30)/t19-/m0/s1. The number of anilines is 1. The van der Waals surface area contributed by atoms with E-state index in [4.69, 9.17) is 4.98 Å². The zero-order valence-electron chi connectivity index (χ0n) is 19.9. The third-order valence-electron chi connectivity index (χ3n) is 6.58. The summed E-state index contributed by atoms with van der Waals surface area (Å²) in [5, 5.41) is 10.0. The van der Waals surface area contributed by atoms with E-state index in [-0.39, 0.29) is 24.3 Å². The number of hydrogen-bond acceptors (Lipinski definition) is 5. The molecular formula is C25H39N3O3S. The molecule has 1 saturated carbocycles. The lowest BCUT2D eigenvalue weighted by molar-refractivity contribution is -0.138. The summed E-state index contributed by atoms with van der Waals surface area (Å²) in [6, 6.07) is 4.40. The highest BCUT2D eigenvalue weighted by molar-refractivity contribution is 7.99. The molecule has 2 aliphatic rings. The van der Waals surface area contributed by atoms with Crippen LogP contribution in [0.15, 0.2) is 17.2 Å². The second-order valence-electron chi connectivity index (χ2n) is 9.52. The molecule has 1 saturated heterocycles. The maximum atomic E-state index is 13.7. The molecule has 0 spiro atoms. The molecule has 2 heterocycles. The van der Waals surface area contributed by atoms with E-state index in [0.29, 0.717) is 18.2 Å². The molecule has 0 unspecified atom stereocenters. The molecular weight excluding hydrogens is 422 g/mol. The van der Waals surface area contributed by atoms with Gasteiger partial charge in [0, 0.05) is 31.6 Å². The quantitative estimate of drug-likeness (QED) is 0.492. The first-order chi connectivity index (χ1) is 15.4. The van der Waals surface area contributed by atoms with Gasteiger partial charge in [-0.05, 0) is 69.8 Å². The van der Waals surface area contributed by atoms with E-state index in [1.165, 1.54) is 19.3 Å². The predicted molar refractivity (Wildman–Crippen MR) is 131 cm³/mol. The average molecular weight is 462 g/mol. The number of rotatable bonds is 9. The Kier molecular flexibility index (Phi) is 9.26. The van der Waals surface area contributed by atoms with Crippen LogP contribution < -0.4 is 4.90 Å². The molecule has 1 N–H and O–H groups in total. The third kappa shape index (κ3) is 6.40. The van der Waals surface area contributed by atoms with E-state index in [1.54, 1.807) is 11.8 Å². The minimum Gasteiger partial charge on any atom is -0.481 e. The van der Waals surface area contributed by atoms with Crippen molar-refractivity contribution >= 4 is 29.5 Å². The van der Waals surface area contributed by atoms with Gasteiger partial charge in [-0.1, -0.05) is 26.2 Å². The molecule has 178 valence electrons. The van der Waals surface area contributed by atoms with E-state index < -0.39 is 5.97 Å². The number of carboxylic acid groups (broad SMARTS) is 1. The second-order valence-corrected chi connectivity index (χ2v) is 10.6. The summed E-state index contributed by atoms with van der Waals surface area (Å²) in [6.45, 7) is 7.97. The van der Waals surface area contributed by atoms with Crippen molar-refractivity contribution in [1.29, 1.82) is 0 Å². The van der Waals surface area contributed by atoms with Gasteiger partial charge in [-0.25, -0.2) is 4.98 Å². The van der Waals surface area contributed by atoms with Gasteiger partial charge in [0.15, 0.2) is 0 Å². The van der Waals surface area contributed by atoms with Gasteiger partial charge in [-0.2, -0.15) is 0 Å². The van der Waals surface area contributed by atoms with Crippen molar-refractivity contribution < 1.29 is 14.7 Å². The summed E-state index contributed by atoms with van der Waals surface area (Å²) in [5.74, 6) is 1.31. The molecule has 1 aliphatic carbocycles. The van der Waals surface area contributed by atoms with Crippen LogP contribution in [-0.2, 0) is 4.79 Å². The molecule has 2 fully saturated rings. The maximum Gasteiger partial charge on any atom is 0.303 e. The lowest BCUT2D eigenvalue weighted by Crippen LogP contribution is -2.46. The highest BCUT2D eigenvalue weighted by Gasteiger charge is 2.31. The zero-order valence-corrected chi connectivity index (χ0v) is 20.7. The molecule has 1 atom stereocenters. The second kappa shape index (κ2) is 11.9. The fourth-order valence-corrected chi connectivity index (χ4v) is 5.95. The Morgan fingerprint density at radius 1 is 1.19 bits per heavy atom. The molecule has 7 heteroatoms. The van der Waals surface area contributed by atoms with E-state index in [2.05, 4.69) is 30.6 Å². The molecule has 0 bridgehead atoms. The van der Waals surface area contributed by atoms with E-state index in [1.807, 2.05) is 12.1 Å². The number of carboxylic acids is 1. The molecule has 0 radical (unpaired) electrons. The summed E-state index contributed by atoms with van der Waals surface area (Å²) in [7, 11) is 0. The normalized spacial score (nSPS) is 19.9. The minimum atomic E-state index is -0.735. The number of aromatic nitrogens is 1. The fourth-order valence-electron chi connectivity index (χ4n) is 5.09. The smallest absolute Gasteiger partial charge is 0.303 e. The van der Waals surface area contributed by atoms with Crippen molar-refractivity contribution in [2.75, 3.05) is 23.7 Å². The van der Waals surface area contributed by atoms with E-state index in [0.717, 1.165) is 55.2 Å². The monoisotopic (exact) mass is 461 g/mol. The molecule has 0 aromatic carbocycles. The van der Waals surface area contributed by atoms with Crippen LogP contribution in [0, 0.1) is 5.92 Å². The minimum absolute atomic E-state index is 0.104. The number of amides is 1. The van der Waals surface area contributed by atoms with Crippen LogP contribution in [0.1, 0.15) is 88.9 Å². The number of nitrogens with zero attached hydrogens (tertiary/aromatic N) is 3. The van der Waals surface area contributed by atoms with Gasteiger partial charge in [0.2, 0.25) is 0 Å². The van der Waals surface area contributed by atoms with Crippen LogP contribution in [0.3, 0.4) is 0 Å². The molecule has 3 rings (SSSR count).